The van der Waals surface area contributed by atoms with Crippen molar-refractivity contribution in [1.82, 2.24) is 14.6 Å². The van der Waals surface area contributed by atoms with Gasteiger partial charge in [0.2, 0.25) is 0 Å². The highest BCUT2D eigenvalue weighted by Crippen LogP contribution is 2.29. The zero-order valence-corrected chi connectivity index (χ0v) is 10.9. The van der Waals surface area contributed by atoms with Gasteiger partial charge in [0.15, 0.2) is 5.65 Å². The number of rotatable bonds is 3. The summed E-state index contributed by atoms with van der Waals surface area (Å²) in [5.74, 6) is 0.986. The quantitative estimate of drug-likeness (QED) is 0.710. The van der Waals surface area contributed by atoms with Gasteiger partial charge in [0.1, 0.15) is 10.7 Å². The molecule has 0 radical (unpaired) electrons. The van der Waals surface area contributed by atoms with Gasteiger partial charge in [-0.15, -0.1) is 11.8 Å². The van der Waals surface area contributed by atoms with E-state index in [1.165, 1.54) is 0 Å². The molecule has 92 valence electrons. The summed E-state index contributed by atoms with van der Waals surface area (Å²) < 4.78 is 1.88. The summed E-state index contributed by atoms with van der Waals surface area (Å²) in [7, 11) is 0. The molecule has 0 fully saturated rings. The van der Waals surface area contributed by atoms with Crippen LogP contribution in [0.25, 0.3) is 16.9 Å². The summed E-state index contributed by atoms with van der Waals surface area (Å²) in [6, 6.07) is 10.1. The zero-order chi connectivity index (χ0) is 12.5. The fourth-order valence-electron chi connectivity index (χ4n) is 1.93. The molecular formula is C13H14N4S. The minimum atomic E-state index is 0.726. The molecule has 3 N–H and O–H groups in total. The van der Waals surface area contributed by atoms with Crippen molar-refractivity contribution in [2.24, 2.45) is 0 Å². The van der Waals surface area contributed by atoms with Crippen LogP contribution in [0.2, 0.25) is 0 Å². The normalized spacial score (nSPS) is 11.2. The highest BCUT2D eigenvalue weighted by atomic mass is 32.2. The second-order valence-corrected chi connectivity index (χ2v) is 5.25. The Morgan fingerprint density at radius 1 is 1.33 bits per heavy atom. The fourth-order valence-corrected chi connectivity index (χ4v) is 2.63. The molecule has 0 saturated heterocycles. The van der Waals surface area contributed by atoms with Crippen LogP contribution in [-0.2, 0) is 0 Å². The Balaban J connectivity index is 2.08. The Labute approximate surface area is 109 Å². The van der Waals surface area contributed by atoms with Gasteiger partial charge in [-0.1, -0.05) is 37.3 Å². The van der Waals surface area contributed by atoms with E-state index in [4.69, 9.17) is 5.73 Å². The number of H-pyrrole nitrogens is 1. The first-order valence-corrected chi connectivity index (χ1v) is 6.83. The van der Waals surface area contributed by atoms with Crippen molar-refractivity contribution in [3.05, 3.63) is 36.5 Å². The van der Waals surface area contributed by atoms with Gasteiger partial charge in [-0.25, -0.2) is 9.50 Å². The van der Waals surface area contributed by atoms with Crippen molar-refractivity contribution in [3.8, 4) is 11.3 Å². The van der Waals surface area contributed by atoms with E-state index in [1.807, 2.05) is 41.0 Å². The molecule has 0 aliphatic heterocycles. The molecule has 2 heterocycles. The molecule has 3 rings (SSSR count). The lowest BCUT2D eigenvalue weighted by Crippen LogP contribution is -1.86. The van der Waals surface area contributed by atoms with Crippen LogP contribution in [0.4, 0.5) is 5.69 Å². The molecule has 0 unspecified atom stereocenters. The lowest BCUT2D eigenvalue weighted by molar-refractivity contribution is 0.911. The van der Waals surface area contributed by atoms with E-state index in [2.05, 4.69) is 17.0 Å². The third-order valence-corrected chi connectivity index (χ3v) is 3.66. The second kappa shape index (κ2) is 4.42. The predicted octanol–water partition coefficient (Wildman–Crippen LogP) is 3.02. The molecular weight excluding hydrogens is 244 g/mol. The van der Waals surface area contributed by atoms with Crippen LogP contribution >= 0.6 is 11.8 Å². The molecule has 0 aliphatic carbocycles. The second-order valence-electron chi connectivity index (χ2n) is 3.97. The van der Waals surface area contributed by atoms with E-state index in [0.29, 0.717) is 0 Å². The van der Waals surface area contributed by atoms with Crippen LogP contribution in [0.5, 0.6) is 0 Å². The molecule has 2 aromatic heterocycles. The third kappa shape index (κ3) is 1.76. The van der Waals surface area contributed by atoms with Gasteiger partial charge in [0, 0.05) is 5.56 Å². The number of nitrogens with zero attached hydrogens (tertiary/aromatic N) is 2. The van der Waals surface area contributed by atoms with Gasteiger partial charge in [0.25, 0.3) is 0 Å². The standard InChI is InChI=1S/C13H14N4S/c1-2-18-13-11(14)12-15-10(8-17(12)16-13)9-6-4-3-5-7-9/h3-8,16H,2,14H2,1H3. The number of imidazole rings is 1. The molecule has 0 spiro atoms. The first-order chi connectivity index (χ1) is 8.79. The minimum absolute atomic E-state index is 0.726. The number of nitrogens with one attached hydrogen (secondary N) is 1. The van der Waals surface area contributed by atoms with Gasteiger partial charge in [-0.3, -0.25) is 5.10 Å². The smallest absolute Gasteiger partial charge is 0.178 e. The topological polar surface area (TPSA) is 59.1 Å². The van der Waals surface area contributed by atoms with Crippen molar-refractivity contribution >= 4 is 23.1 Å². The summed E-state index contributed by atoms with van der Waals surface area (Å²) >= 11 is 1.69. The zero-order valence-electron chi connectivity index (χ0n) is 10.1. The number of hydrogen-bond donors (Lipinski definition) is 2. The number of aromatic amines is 1. The molecule has 3 aromatic rings. The lowest BCUT2D eigenvalue weighted by Gasteiger charge is -1.96. The number of anilines is 1. The molecule has 0 aliphatic rings. The number of thioether (sulfide) groups is 1. The predicted molar refractivity (Wildman–Crippen MR) is 75.8 cm³/mol. The Hall–Kier alpha value is -1.88. The maximum Gasteiger partial charge on any atom is 0.178 e. The van der Waals surface area contributed by atoms with Crippen molar-refractivity contribution in [2.45, 2.75) is 11.9 Å². The van der Waals surface area contributed by atoms with Crippen LogP contribution in [0.15, 0.2) is 41.6 Å². The molecule has 0 amide bonds. The van der Waals surface area contributed by atoms with Crippen molar-refractivity contribution < 1.29 is 0 Å². The Bertz CT molecular complexity index is 669. The average molecular weight is 258 g/mol. The van der Waals surface area contributed by atoms with E-state index in [0.717, 1.165) is 33.4 Å². The molecule has 0 saturated carbocycles. The van der Waals surface area contributed by atoms with Gasteiger partial charge in [-0.05, 0) is 5.75 Å². The summed E-state index contributed by atoms with van der Waals surface area (Å²) in [4.78, 5) is 4.58. The maximum atomic E-state index is 6.08. The summed E-state index contributed by atoms with van der Waals surface area (Å²) in [6.45, 7) is 2.10. The number of benzene rings is 1. The number of nitrogens with two attached hydrogens (primary N) is 1. The van der Waals surface area contributed by atoms with E-state index >= 15 is 0 Å². The van der Waals surface area contributed by atoms with Crippen LogP contribution in [0, 0.1) is 0 Å². The molecule has 0 atom stereocenters. The van der Waals surface area contributed by atoms with Crippen molar-refractivity contribution in [1.29, 1.82) is 0 Å². The SMILES string of the molecule is CCSc1[nH]n2cc(-c3ccccc3)nc2c1N. The van der Waals surface area contributed by atoms with Crippen LogP contribution in [-0.4, -0.2) is 20.4 Å². The summed E-state index contributed by atoms with van der Waals surface area (Å²) in [5.41, 5.74) is 9.63. The summed E-state index contributed by atoms with van der Waals surface area (Å²) in [6.07, 6.45) is 1.97. The van der Waals surface area contributed by atoms with E-state index in [-0.39, 0.29) is 0 Å². The third-order valence-electron chi connectivity index (χ3n) is 2.77. The average Bonchev–Trinajstić information content (AvgIpc) is 2.93. The Morgan fingerprint density at radius 2 is 2.11 bits per heavy atom. The molecule has 5 heteroatoms. The summed E-state index contributed by atoms with van der Waals surface area (Å²) in [5, 5.41) is 4.23. The number of hydrogen-bond acceptors (Lipinski definition) is 3. The first kappa shape index (κ1) is 11.2. The molecule has 1 aromatic carbocycles. The van der Waals surface area contributed by atoms with E-state index < -0.39 is 0 Å². The number of aromatic nitrogens is 3. The van der Waals surface area contributed by atoms with E-state index in [9.17, 15) is 0 Å². The van der Waals surface area contributed by atoms with Crippen LogP contribution < -0.4 is 5.73 Å². The van der Waals surface area contributed by atoms with Crippen LogP contribution in [0.3, 0.4) is 0 Å². The monoisotopic (exact) mass is 258 g/mol. The Kier molecular flexibility index (Phi) is 2.76. The minimum Gasteiger partial charge on any atom is -0.393 e. The Morgan fingerprint density at radius 3 is 2.78 bits per heavy atom. The largest absolute Gasteiger partial charge is 0.393 e. The van der Waals surface area contributed by atoms with Crippen molar-refractivity contribution in [2.75, 3.05) is 11.5 Å². The lowest BCUT2D eigenvalue weighted by atomic mass is 10.2. The number of fused-ring (bicyclic) bond motifs is 1. The molecule has 18 heavy (non-hydrogen) atoms. The highest BCUT2D eigenvalue weighted by Gasteiger charge is 2.12. The van der Waals surface area contributed by atoms with Gasteiger partial charge < -0.3 is 5.73 Å². The maximum absolute atomic E-state index is 6.08. The van der Waals surface area contributed by atoms with Gasteiger partial charge in [-0.2, -0.15) is 0 Å². The first-order valence-electron chi connectivity index (χ1n) is 5.84. The highest BCUT2D eigenvalue weighted by molar-refractivity contribution is 7.99. The molecule has 0 bridgehead atoms. The van der Waals surface area contributed by atoms with Crippen molar-refractivity contribution in [3.63, 3.8) is 0 Å². The number of nitrogen functional groups attached to an aromatic ring is 1. The molecule has 4 nitrogen and oxygen atoms in total. The van der Waals surface area contributed by atoms with Gasteiger partial charge in [0.05, 0.1) is 11.9 Å². The van der Waals surface area contributed by atoms with Crippen LogP contribution in [0.1, 0.15) is 6.92 Å². The fraction of sp³-hybridized carbons (Fsp3) is 0.154. The van der Waals surface area contributed by atoms with Gasteiger partial charge >= 0.3 is 0 Å². The van der Waals surface area contributed by atoms with E-state index in [1.54, 1.807) is 11.8 Å².